The number of fused-ring (bicyclic) bond motifs is 8. The molecule has 8 nitrogen and oxygen atoms in total. The number of phenolic OH excluding ortho intramolecular Hbond substituents is 1. The Morgan fingerprint density at radius 3 is 2.56 bits per heavy atom. The molecule has 3 aromatic heterocycles. The Morgan fingerprint density at radius 2 is 1.76 bits per heavy atom. The van der Waals surface area contributed by atoms with Gasteiger partial charge in [-0.3, -0.25) is 0 Å². The van der Waals surface area contributed by atoms with Crippen LogP contribution in [-0.2, 0) is 26.5 Å². The molecule has 4 aromatic carbocycles. The molecule has 0 fully saturated rings. The minimum Gasteiger partial charge on any atom is -0.517 e. The summed E-state index contributed by atoms with van der Waals surface area (Å²) in [6.07, 6.45) is 0. The number of hydrogen-bond acceptors (Lipinski definition) is 6. The molecule has 224 valence electrons. The minimum atomic E-state index is -0.206. The van der Waals surface area contributed by atoms with E-state index in [-0.39, 0.29) is 36.7 Å². The zero-order valence-corrected chi connectivity index (χ0v) is 27.2. The quantitative estimate of drug-likeness (QED) is 0.143. The molecule has 1 aliphatic heterocycles. The number of nitriles is 1. The first-order valence-corrected chi connectivity index (χ1v) is 14.3. The van der Waals surface area contributed by atoms with Crippen LogP contribution in [0.25, 0.3) is 38.7 Å². The fourth-order valence-corrected chi connectivity index (χ4v) is 6.14. The number of para-hydroxylation sites is 4. The van der Waals surface area contributed by atoms with Gasteiger partial charge in [0.05, 0.1) is 29.4 Å². The van der Waals surface area contributed by atoms with Crippen molar-refractivity contribution in [2.24, 2.45) is 0 Å². The summed E-state index contributed by atoms with van der Waals surface area (Å²) in [7, 11) is 2.12. The van der Waals surface area contributed by atoms with Crippen molar-refractivity contribution >= 4 is 50.4 Å². The molecule has 4 heterocycles. The third-order valence-corrected chi connectivity index (χ3v) is 8.47. The van der Waals surface area contributed by atoms with Gasteiger partial charge in [0.2, 0.25) is 11.7 Å². The molecule has 0 bridgehead atoms. The van der Waals surface area contributed by atoms with E-state index in [1.54, 1.807) is 12.1 Å². The van der Waals surface area contributed by atoms with Crippen LogP contribution in [0.1, 0.15) is 31.9 Å². The first-order valence-electron chi connectivity index (χ1n) is 14.3. The summed E-state index contributed by atoms with van der Waals surface area (Å²) < 4.78 is 14.8. The predicted molar refractivity (Wildman–Crippen MR) is 170 cm³/mol. The van der Waals surface area contributed by atoms with Crippen molar-refractivity contribution in [3.8, 4) is 29.1 Å². The maximum atomic E-state index is 10.6. The number of pyridine rings is 1. The Balaban J connectivity index is 0.00000325. The monoisotopic (exact) mass is 772 g/mol. The minimum absolute atomic E-state index is 0. The molecule has 0 aliphatic carbocycles. The Morgan fingerprint density at radius 1 is 0.978 bits per heavy atom. The molecule has 0 saturated carbocycles. The van der Waals surface area contributed by atoms with Crippen LogP contribution < -0.4 is 9.22 Å². The van der Waals surface area contributed by atoms with E-state index in [1.807, 2.05) is 36.4 Å². The number of benzene rings is 4. The van der Waals surface area contributed by atoms with Crippen LogP contribution in [-0.4, -0.2) is 26.7 Å². The summed E-state index contributed by atoms with van der Waals surface area (Å²) in [5.74, 6) is 2.43. The van der Waals surface area contributed by atoms with Crippen LogP contribution >= 0.6 is 0 Å². The van der Waals surface area contributed by atoms with Gasteiger partial charge in [0.1, 0.15) is 17.3 Å². The first kappa shape index (κ1) is 28.8. The fraction of sp³-hybridized carbons (Fsp3) is 0.139. The van der Waals surface area contributed by atoms with Gasteiger partial charge >= 0.3 is 5.95 Å². The first-order chi connectivity index (χ1) is 21.2. The molecule has 0 radical (unpaired) electrons. The summed E-state index contributed by atoms with van der Waals surface area (Å²) in [5, 5.41) is 21.1. The van der Waals surface area contributed by atoms with E-state index in [0.717, 1.165) is 39.7 Å². The number of quaternary nitrogens is 1. The number of aromatic hydroxyl groups is 1. The average molecular weight is 773 g/mol. The van der Waals surface area contributed by atoms with E-state index >= 15 is 0 Å². The van der Waals surface area contributed by atoms with E-state index in [9.17, 15) is 10.4 Å². The summed E-state index contributed by atoms with van der Waals surface area (Å²) in [6, 6.07) is 32.5. The number of hydrogen-bond donors (Lipinski definition) is 1. The molecule has 1 N–H and O–H groups in total. The maximum Gasteiger partial charge on any atom is 0.326 e. The number of furan rings is 1. The maximum absolute atomic E-state index is 10.6. The summed E-state index contributed by atoms with van der Waals surface area (Å²) in [5.41, 5.74) is 6.08. The van der Waals surface area contributed by atoms with Crippen LogP contribution in [0.5, 0.6) is 17.4 Å². The number of aromatic nitrogens is 3. The molecule has 0 spiro atoms. The van der Waals surface area contributed by atoms with Gasteiger partial charge in [-0.15, -0.1) is 0 Å². The Bertz CT molecular complexity index is 2360. The largest absolute Gasteiger partial charge is 0.517 e. The second-order valence-corrected chi connectivity index (χ2v) is 12.2. The zero-order valence-electron chi connectivity index (χ0n) is 24.9. The van der Waals surface area contributed by atoms with E-state index in [0.29, 0.717) is 39.1 Å². The average Bonchev–Trinajstić information content (AvgIpc) is 3.67. The Labute approximate surface area is 273 Å². The summed E-state index contributed by atoms with van der Waals surface area (Å²) in [4.78, 5) is 10.2. The van der Waals surface area contributed by atoms with Crippen LogP contribution in [0, 0.1) is 17.4 Å². The number of imidazole rings is 1. The molecule has 0 amide bonds. The second kappa shape index (κ2) is 10.0. The summed E-state index contributed by atoms with van der Waals surface area (Å²) >= 11 is 0. The second-order valence-electron chi connectivity index (χ2n) is 12.2. The van der Waals surface area contributed by atoms with Gasteiger partial charge in [-0.05, 0) is 46.7 Å². The zero-order chi connectivity index (χ0) is 30.4. The number of nitrogens with zero attached hydrogens (tertiary/aromatic N) is 5. The van der Waals surface area contributed by atoms with Crippen molar-refractivity contribution in [1.82, 2.24) is 19.0 Å². The van der Waals surface area contributed by atoms with Crippen LogP contribution in [0.3, 0.4) is 0 Å². The van der Waals surface area contributed by atoms with Gasteiger partial charge in [0.15, 0.2) is 5.69 Å². The number of ether oxygens (including phenoxy) is 1. The molecule has 1 aliphatic rings. The van der Waals surface area contributed by atoms with E-state index in [4.69, 9.17) is 19.1 Å². The molecule has 0 saturated heterocycles. The van der Waals surface area contributed by atoms with Crippen molar-refractivity contribution in [3.63, 3.8) is 0 Å². The van der Waals surface area contributed by atoms with Gasteiger partial charge in [-0.25, -0.2) is 4.57 Å². The SMILES string of the molecule is CC(C)(C)c1cc(Oc2[c-]c3c(cc2)oc2c(C#N)ccc(O)c23)nc([N+]2(C)c3ccccc3-n3c2nc2ccccc23)c1.[Pt]. The van der Waals surface area contributed by atoms with Crippen LogP contribution in [0.15, 0.2) is 89.3 Å². The van der Waals surface area contributed by atoms with E-state index in [2.05, 4.69) is 68.8 Å². The number of phenols is 1. The molecule has 1 atom stereocenters. The molecule has 1 unspecified atom stereocenters. The van der Waals surface area contributed by atoms with E-state index < -0.39 is 0 Å². The number of rotatable bonds is 3. The van der Waals surface area contributed by atoms with E-state index in [1.165, 1.54) is 12.1 Å². The molecular weight excluding hydrogens is 746 g/mol. The normalized spacial score (nSPS) is 15.5. The fourth-order valence-electron chi connectivity index (χ4n) is 6.14. The van der Waals surface area contributed by atoms with Crippen molar-refractivity contribution in [1.29, 1.82) is 5.26 Å². The third-order valence-electron chi connectivity index (χ3n) is 8.47. The Hall–Kier alpha value is -4.96. The van der Waals surface area contributed by atoms with Crippen molar-refractivity contribution in [2.75, 3.05) is 7.05 Å². The summed E-state index contributed by atoms with van der Waals surface area (Å²) in [6.45, 7) is 6.48. The van der Waals surface area contributed by atoms with Crippen molar-refractivity contribution in [3.05, 3.63) is 102 Å². The third kappa shape index (κ3) is 4.19. The molecule has 45 heavy (non-hydrogen) atoms. The predicted octanol–water partition coefficient (Wildman–Crippen LogP) is 8.70. The Kier molecular flexibility index (Phi) is 6.42. The van der Waals surface area contributed by atoms with Gasteiger partial charge in [0, 0.05) is 50.6 Å². The molecule has 7 aromatic rings. The van der Waals surface area contributed by atoms with Gasteiger partial charge in [-0.2, -0.15) is 19.7 Å². The molecule has 8 rings (SSSR count). The topological polar surface area (TPSA) is 97.1 Å². The standard InChI is InChI=1S/C36H27N5O3.Pt/c1-36(2,3)22-17-31(41(4)28-12-8-7-11-27(28)40-26-10-6-5-9-25(26)38-35(40)41)39-32(18-22)43-23-14-16-30-24(19-23)33-29(42)15-13-21(20-37)34(33)44-30;/h5-18,42H,1-4H3;. The van der Waals surface area contributed by atoms with Gasteiger partial charge in [0.25, 0.3) is 0 Å². The van der Waals surface area contributed by atoms with Gasteiger partial charge < -0.3 is 14.3 Å². The van der Waals surface area contributed by atoms with Crippen molar-refractivity contribution in [2.45, 2.75) is 26.2 Å². The van der Waals surface area contributed by atoms with Crippen LogP contribution in [0.2, 0.25) is 0 Å². The van der Waals surface area contributed by atoms with Crippen LogP contribution in [0.4, 0.5) is 17.5 Å². The molecule has 9 heteroatoms. The van der Waals surface area contributed by atoms with Crippen molar-refractivity contribution < 1.29 is 35.3 Å². The van der Waals surface area contributed by atoms with Gasteiger partial charge in [-0.1, -0.05) is 68.6 Å². The smallest absolute Gasteiger partial charge is 0.326 e. The molecular formula is C36H27N5O3Pt.